The van der Waals surface area contributed by atoms with Crippen LogP contribution >= 0.6 is 0 Å². The molecule has 1 fully saturated rings. The van der Waals surface area contributed by atoms with Crippen LogP contribution in [0.4, 0.5) is 19.3 Å². The Hall–Kier alpha value is -2.96. The second-order valence-corrected chi connectivity index (χ2v) is 7.30. The minimum Gasteiger partial charge on any atom is -0.352 e. The Bertz CT molecular complexity index is 845. The van der Waals surface area contributed by atoms with Gasteiger partial charge in [-0.15, -0.1) is 0 Å². The van der Waals surface area contributed by atoms with Gasteiger partial charge in [0.05, 0.1) is 0 Å². The van der Waals surface area contributed by atoms with Crippen LogP contribution in [0, 0.1) is 17.6 Å². The number of urea groups is 1. The van der Waals surface area contributed by atoms with Crippen molar-refractivity contribution < 1.29 is 18.4 Å². The molecule has 0 aliphatic carbocycles. The molecule has 1 saturated heterocycles. The van der Waals surface area contributed by atoms with Crippen molar-refractivity contribution in [1.82, 2.24) is 10.2 Å². The number of piperidine rings is 1. The van der Waals surface area contributed by atoms with Crippen molar-refractivity contribution in [3.05, 3.63) is 65.7 Å². The third-order valence-corrected chi connectivity index (χ3v) is 5.10. The summed E-state index contributed by atoms with van der Waals surface area (Å²) in [5, 5.41) is 5.56. The summed E-state index contributed by atoms with van der Waals surface area (Å²) < 4.78 is 26.5. The predicted octanol–water partition coefficient (Wildman–Crippen LogP) is 4.31. The number of hydrogen-bond donors (Lipinski definition) is 2. The van der Waals surface area contributed by atoms with E-state index in [1.165, 1.54) is 12.1 Å². The van der Waals surface area contributed by atoms with Gasteiger partial charge >= 0.3 is 6.03 Å². The first-order chi connectivity index (χ1) is 14.0. The van der Waals surface area contributed by atoms with E-state index in [2.05, 4.69) is 10.6 Å². The molecule has 2 aromatic carbocycles. The second-order valence-electron chi connectivity index (χ2n) is 7.30. The van der Waals surface area contributed by atoms with Gasteiger partial charge in [-0.05, 0) is 43.4 Å². The average molecular weight is 401 g/mol. The van der Waals surface area contributed by atoms with Crippen molar-refractivity contribution in [2.75, 3.05) is 18.4 Å². The molecule has 7 heteroatoms. The number of likely N-dealkylation sites (tertiary alicyclic amines) is 1. The van der Waals surface area contributed by atoms with E-state index < -0.39 is 11.6 Å². The smallest absolute Gasteiger partial charge is 0.321 e. The predicted molar refractivity (Wildman–Crippen MR) is 107 cm³/mol. The van der Waals surface area contributed by atoms with E-state index in [0.717, 1.165) is 24.6 Å². The highest BCUT2D eigenvalue weighted by Gasteiger charge is 2.24. The first kappa shape index (κ1) is 20.8. The Morgan fingerprint density at radius 1 is 1.10 bits per heavy atom. The van der Waals surface area contributed by atoms with Gasteiger partial charge < -0.3 is 15.5 Å². The highest BCUT2D eigenvalue weighted by molar-refractivity contribution is 5.89. The molecule has 3 rings (SSSR count). The molecular formula is C22H25F2N3O2. The van der Waals surface area contributed by atoms with E-state index in [1.807, 2.05) is 30.3 Å². The minimum atomic E-state index is -0.669. The fourth-order valence-electron chi connectivity index (χ4n) is 3.49. The number of amides is 3. The number of carbonyl (C=O) groups excluding carboxylic acids is 2. The Morgan fingerprint density at radius 2 is 1.90 bits per heavy atom. The summed E-state index contributed by atoms with van der Waals surface area (Å²) in [6.07, 6.45) is 2.83. The van der Waals surface area contributed by atoms with Gasteiger partial charge in [-0.3, -0.25) is 4.79 Å². The SMILES string of the molecule is O=C(CC[C@H]1CCCN(C(=O)Nc2ccccc2)C1)NCc1ccc(F)cc1F. The third kappa shape index (κ3) is 6.27. The first-order valence-electron chi connectivity index (χ1n) is 9.83. The monoisotopic (exact) mass is 401 g/mol. The zero-order chi connectivity index (χ0) is 20.6. The van der Waals surface area contributed by atoms with E-state index >= 15 is 0 Å². The fraction of sp³-hybridized carbons (Fsp3) is 0.364. The Morgan fingerprint density at radius 3 is 2.66 bits per heavy atom. The van der Waals surface area contributed by atoms with Crippen LogP contribution in [0.5, 0.6) is 0 Å². The summed E-state index contributed by atoms with van der Waals surface area (Å²) in [5.74, 6) is -1.24. The molecule has 5 nitrogen and oxygen atoms in total. The molecule has 29 heavy (non-hydrogen) atoms. The van der Waals surface area contributed by atoms with Gasteiger partial charge in [0.1, 0.15) is 11.6 Å². The van der Waals surface area contributed by atoms with E-state index in [4.69, 9.17) is 0 Å². The molecule has 0 aromatic heterocycles. The zero-order valence-corrected chi connectivity index (χ0v) is 16.2. The van der Waals surface area contributed by atoms with Crippen molar-refractivity contribution in [3.63, 3.8) is 0 Å². The van der Waals surface area contributed by atoms with Gasteiger partial charge in [0, 0.05) is 43.4 Å². The molecule has 1 aliphatic rings. The highest BCUT2D eigenvalue weighted by atomic mass is 19.1. The van der Waals surface area contributed by atoms with Crippen molar-refractivity contribution in [3.8, 4) is 0 Å². The van der Waals surface area contributed by atoms with Crippen LogP contribution in [-0.2, 0) is 11.3 Å². The number of anilines is 1. The lowest BCUT2D eigenvalue weighted by Gasteiger charge is -2.32. The zero-order valence-electron chi connectivity index (χ0n) is 16.2. The molecule has 0 saturated carbocycles. The average Bonchev–Trinajstić information content (AvgIpc) is 2.72. The van der Waals surface area contributed by atoms with E-state index in [0.29, 0.717) is 25.9 Å². The number of nitrogens with zero attached hydrogens (tertiary/aromatic N) is 1. The third-order valence-electron chi connectivity index (χ3n) is 5.10. The molecule has 1 heterocycles. The van der Waals surface area contributed by atoms with Crippen LogP contribution in [0.1, 0.15) is 31.2 Å². The van der Waals surface area contributed by atoms with Crippen molar-refractivity contribution in [2.45, 2.75) is 32.2 Å². The molecule has 1 aliphatic heterocycles. The van der Waals surface area contributed by atoms with Gasteiger partial charge in [-0.25, -0.2) is 13.6 Å². The van der Waals surface area contributed by atoms with Gasteiger partial charge in [-0.1, -0.05) is 24.3 Å². The van der Waals surface area contributed by atoms with Gasteiger partial charge in [-0.2, -0.15) is 0 Å². The number of nitrogens with one attached hydrogen (secondary N) is 2. The van der Waals surface area contributed by atoms with Gasteiger partial charge in [0.2, 0.25) is 5.91 Å². The molecule has 0 radical (unpaired) electrons. The lowest BCUT2D eigenvalue weighted by Crippen LogP contribution is -2.42. The molecular weight excluding hydrogens is 376 g/mol. The van der Waals surface area contributed by atoms with Gasteiger partial charge in [0.25, 0.3) is 0 Å². The second kappa shape index (κ2) is 10.0. The van der Waals surface area contributed by atoms with Crippen molar-refractivity contribution in [1.29, 1.82) is 0 Å². The summed E-state index contributed by atoms with van der Waals surface area (Å²) in [6, 6.07) is 12.5. The minimum absolute atomic E-state index is 0.0290. The first-order valence-corrected chi connectivity index (χ1v) is 9.83. The normalized spacial score (nSPS) is 16.3. The molecule has 3 amide bonds. The maximum absolute atomic E-state index is 13.6. The van der Waals surface area contributed by atoms with Crippen molar-refractivity contribution >= 4 is 17.6 Å². The maximum atomic E-state index is 13.6. The maximum Gasteiger partial charge on any atom is 0.321 e. The van der Waals surface area contributed by atoms with Crippen LogP contribution in [0.15, 0.2) is 48.5 Å². The number of halogens is 2. The van der Waals surface area contributed by atoms with E-state index in [9.17, 15) is 18.4 Å². The van der Waals surface area contributed by atoms with Crippen LogP contribution in [0.25, 0.3) is 0 Å². The summed E-state index contributed by atoms with van der Waals surface area (Å²) >= 11 is 0. The Balaban J connectivity index is 1.41. The van der Waals surface area contributed by atoms with Crippen molar-refractivity contribution in [2.24, 2.45) is 5.92 Å². The Kier molecular flexibility index (Phi) is 7.16. The quantitative estimate of drug-likeness (QED) is 0.758. The van der Waals surface area contributed by atoms with Crippen LogP contribution in [0.3, 0.4) is 0 Å². The summed E-state index contributed by atoms with van der Waals surface area (Å²) in [7, 11) is 0. The van der Waals surface area contributed by atoms with Crippen LogP contribution in [0.2, 0.25) is 0 Å². The molecule has 0 bridgehead atoms. The standard InChI is InChI=1S/C22H25F2N3O2/c23-18-10-9-17(20(24)13-18)14-25-21(28)11-8-16-5-4-12-27(15-16)22(29)26-19-6-2-1-3-7-19/h1-3,6-7,9-10,13,16H,4-5,8,11-12,14-15H2,(H,25,28)(H,26,29)/t16-/m1/s1. The molecule has 0 spiro atoms. The number of hydrogen-bond acceptors (Lipinski definition) is 2. The number of carbonyl (C=O) groups is 2. The molecule has 0 unspecified atom stereocenters. The lowest BCUT2D eigenvalue weighted by molar-refractivity contribution is -0.121. The van der Waals surface area contributed by atoms with E-state index in [-0.39, 0.29) is 30.0 Å². The van der Waals surface area contributed by atoms with E-state index in [1.54, 1.807) is 4.90 Å². The van der Waals surface area contributed by atoms with Crippen LogP contribution in [-0.4, -0.2) is 29.9 Å². The molecule has 154 valence electrons. The van der Waals surface area contributed by atoms with Crippen LogP contribution < -0.4 is 10.6 Å². The number of rotatable bonds is 6. The number of benzene rings is 2. The lowest BCUT2D eigenvalue weighted by atomic mass is 9.93. The topological polar surface area (TPSA) is 61.4 Å². The summed E-state index contributed by atoms with van der Waals surface area (Å²) in [6.45, 7) is 1.34. The molecule has 1 atom stereocenters. The Labute approximate surface area is 169 Å². The highest BCUT2D eigenvalue weighted by Crippen LogP contribution is 2.22. The molecule has 2 aromatic rings. The molecule has 2 N–H and O–H groups in total. The fourth-order valence-corrected chi connectivity index (χ4v) is 3.49. The van der Waals surface area contributed by atoms with Gasteiger partial charge in [0.15, 0.2) is 0 Å². The number of para-hydroxylation sites is 1. The largest absolute Gasteiger partial charge is 0.352 e. The summed E-state index contributed by atoms with van der Waals surface area (Å²) in [5.41, 5.74) is 1.01. The summed E-state index contributed by atoms with van der Waals surface area (Å²) in [4.78, 5) is 26.3.